The monoisotopic (exact) mass is 392 g/mol. The van der Waals surface area contributed by atoms with Gasteiger partial charge in [0.25, 0.3) is 0 Å². The Morgan fingerprint density at radius 3 is 2.76 bits per heavy atom. The van der Waals surface area contributed by atoms with E-state index >= 15 is 0 Å². The number of hydrogen-bond acceptors (Lipinski definition) is 3. The number of nitrogens with zero attached hydrogens (tertiary/aromatic N) is 1. The summed E-state index contributed by atoms with van der Waals surface area (Å²) < 4.78 is 28.1. The Balaban J connectivity index is 1.91. The Morgan fingerprint density at radius 2 is 2.10 bits per heavy atom. The molecule has 1 aromatic carbocycles. The summed E-state index contributed by atoms with van der Waals surface area (Å²) in [7, 11) is -3.46. The summed E-state index contributed by atoms with van der Waals surface area (Å²) in [4.78, 5) is 0.309. The van der Waals surface area contributed by atoms with Crippen LogP contribution >= 0.6 is 27.5 Å². The molecule has 2 heterocycles. The van der Waals surface area contributed by atoms with E-state index in [1.807, 2.05) is 0 Å². The Kier molecular flexibility index (Phi) is 4.62. The van der Waals surface area contributed by atoms with Crippen LogP contribution in [-0.2, 0) is 10.0 Å². The predicted molar refractivity (Wildman–Crippen MR) is 87.1 cm³/mol. The van der Waals surface area contributed by atoms with Gasteiger partial charge in [0, 0.05) is 23.1 Å². The molecule has 3 rings (SSSR count). The van der Waals surface area contributed by atoms with Crippen molar-refractivity contribution in [3.63, 3.8) is 0 Å². The molecular weight excluding hydrogens is 376 g/mol. The molecule has 2 saturated heterocycles. The molecule has 7 heteroatoms. The Hall–Kier alpha value is -0.140. The first kappa shape index (κ1) is 15.7. The molecular formula is C14H18BrClN2O2S. The van der Waals surface area contributed by atoms with Gasteiger partial charge in [-0.25, -0.2) is 8.42 Å². The van der Waals surface area contributed by atoms with Crippen molar-refractivity contribution >= 4 is 37.6 Å². The number of rotatable bonds is 3. The van der Waals surface area contributed by atoms with Crippen molar-refractivity contribution in [3.8, 4) is 0 Å². The van der Waals surface area contributed by atoms with Gasteiger partial charge in [0.1, 0.15) is 0 Å². The van der Waals surface area contributed by atoms with Crippen LogP contribution in [0, 0.1) is 0 Å². The van der Waals surface area contributed by atoms with Gasteiger partial charge in [0.05, 0.1) is 9.92 Å². The van der Waals surface area contributed by atoms with Crippen LogP contribution in [0.5, 0.6) is 0 Å². The molecule has 0 saturated carbocycles. The lowest BCUT2D eigenvalue weighted by atomic mass is 10.1. The van der Waals surface area contributed by atoms with E-state index in [1.54, 1.807) is 22.5 Å². The smallest absolute Gasteiger partial charge is 0.243 e. The van der Waals surface area contributed by atoms with Crippen LogP contribution in [0.4, 0.5) is 0 Å². The molecule has 0 aliphatic carbocycles. The highest BCUT2D eigenvalue weighted by Crippen LogP contribution is 2.32. The quantitative estimate of drug-likeness (QED) is 0.859. The number of halogens is 2. The fourth-order valence-corrected chi connectivity index (χ4v) is 5.68. The van der Waals surface area contributed by atoms with Gasteiger partial charge in [0.2, 0.25) is 10.0 Å². The second-order valence-corrected chi connectivity index (χ2v) is 8.76. The van der Waals surface area contributed by atoms with Crippen molar-refractivity contribution in [2.75, 3.05) is 13.1 Å². The Morgan fingerprint density at radius 1 is 1.29 bits per heavy atom. The van der Waals surface area contributed by atoms with Crippen molar-refractivity contribution in [2.24, 2.45) is 0 Å². The van der Waals surface area contributed by atoms with Crippen LogP contribution in [-0.4, -0.2) is 37.9 Å². The first-order valence-corrected chi connectivity index (χ1v) is 9.81. The molecule has 2 unspecified atom stereocenters. The Labute approximate surface area is 139 Å². The highest BCUT2D eigenvalue weighted by molar-refractivity contribution is 9.10. The fraction of sp³-hybridized carbons (Fsp3) is 0.571. The molecule has 0 aromatic heterocycles. The highest BCUT2D eigenvalue weighted by atomic mass is 79.9. The minimum Gasteiger partial charge on any atom is -0.312 e. The topological polar surface area (TPSA) is 49.4 Å². The number of benzene rings is 1. The van der Waals surface area contributed by atoms with Gasteiger partial charge < -0.3 is 5.32 Å². The molecule has 21 heavy (non-hydrogen) atoms. The van der Waals surface area contributed by atoms with Gasteiger partial charge in [0.15, 0.2) is 0 Å². The predicted octanol–water partition coefficient (Wildman–Crippen LogP) is 3.01. The van der Waals surface area contributed by atoms with Crippen LogP contribution < -0.4 is 5.32 Å². The minimum absolute atomic E-state index is 0.0759. The van der Waals surface area contributed by atoms with Crippen molar-refractivity contribution in [1.29, 1.82) is 0 Å². The fourth-order valence-electron chi connectivity index (χ4n) is 3.28. The van der Waals surface area contributed by atoms with E-state index in [9.17, 15) is 8.42 Å². The van der Waals surface area contributed by atoms with Crippen molar-refractivity contribution in [2.45, 2.75) is 42.7 Å². The largest absolute Gasteiger partial charge is 0.312 e. The normalized spacial score (nSPS) is 27.3. The van der Waals surface area contributed by atoms with E-state index in [2.05, 4.69) is 21.2 Å². The standard InChI is InChI=1S/C14H18BrClN2O2S/c15-11-9-10(5-6-12(11)16)21(19,20)18-8-2-4-14(18)13-3-1-7-17-13/h5-6,9,13-14,17H,1-4,7-8H2. The summed E-state index contributed by atoms with van der Waals surface area (Å²) in [5, 5.41) is 3.95. The van der Waals surface area contributed by atoms with Crippen LogP contribution in [0.1, 0.15) is 25.7 Å². The molecule has 0 radical (unpaired) electrons. The first-order valence-electron chi connectivity index (χ1n) is 7.20. The van der Waals surface area contributed by atoms with Crippen LogP contribution in [0.3, 0.4) is 0 Å². The molecule has 0 amide bonds. The minimum atomic E-state index is -3.46. The molecule has 0 bridgehead atoms. The Bertz CT molecular complexity index is 632. The molecule has 2 atom stereocenters. The van der Waals surface area contributed by atoms with Gasteiger partial charge in [-0.2, -0.15) is 4.31 Å². The summed E-state index contributed by atoms with van der Waals surface area (Å²) >= 11 is 9.26. The maximum Gasteiger partial charge on any atom is 0.243 e. The van der Waals surface area contributed by atoms with Crippen molar-refractivity contribution < 1.29 is 8.42 Å². The van der Waals surface area contributed by atoms with Crippen LogP contribution in [0.25, 0.3) is 0 Å². The molecule has 0 spiro atoms. The van der Waals surface area contributed by atoms with E-state index in [-0.39, 0.29) is 12.1 Å². The number of hydrogen-bond donors (Lipinski definition) is 1. The zero-order valence-electron chi connectivity index (χ0n) is 11.6. The van der Waals surface area contributed by atoms with Crippen molar-refractivity contribution in [3.05, 3.63) is 27.7 Å². The molecule has 1 aromatic rings. The second kappa shape index (κ2) is 6.16. The zero-order chi connectivity index (χ0) is 15.0. The van der Waals surface area contributed by atoms with E-state index in [0.29, 0.717) is 20.9 Å². The van der Waals surface area contributed by atoms with Gasteiger partial charge in [-0.3, -0.25) is 0 Å². The summed E-state index contributed by atoms with van der Waals surface area (Å²) in [5.74, 6) is 0. The lowest BCUT2D eigenvalue weighted by molar-refractivity contribution is 0.322. The third kappa shape index (κ3) is 3.01. The van der Waals surface area contributed by atoms with Gasteiger partial charge in [-0.1, -0.05) is 11.6 Å². The third-order valence-electron chi connectivity index (χ3n) is 4.31. The van der Waals surface area contributed by atoms with Crippen molar-refractivity contribution in [1.82, 2.24) is 9.62 Å². The molecule has 2 aliphatic rings. The van der Waals surface area contributed by atoms with E-state index in [1.165, 1.54) is 0 Å². The first-order chi connectivity index (χ1) is 10.00. The average molecular weight is 394 g/mol. The molecule has 1 N–H and O–H groups in total. The molecule has 116 valence electrons. The molecule has 2 aliphatic heterocycles. The summed E-state index contributed by atoms with van der Waals surface area (Å²) in [6, 6.07) is 5.16. The number of nitrogens with one attached hydrogen (secondary N) is 1. The molecule has 2 fully saturated rings. The zero-order valence-corrected chi connectivity index (χ0v) is 14.7. The maximum absolute atomic E-state index is 12.9. The number of sulfonamides is 1. The van der Waals surface area contributed by atoms with E-state index < -0.39 is 10.0 Å². The second-order valence-electron chi connectivity index (χ2n) is 5.60. The van der Waals surface area contributed by atoms with Gasteiger partial charge in [-0.05, 0) is 66.4 Å². The lowest BCUT2D eigenvalue weighted by Crippen LogP contribution is -2.46. The maximum atomic E-state index is 12.9. The summed E-state index contributed by atoms with van der Waals surface area (Å²) in [5.41, 5.74) is 0. The molecule has 4 nitrogen and oxygen atoms in total. The summed E-state index contributed by atoms with van der Waals surface area (Å²) in [6.07, 6.45) is 4.05. The van der Waals surface area contributed by atoms with Gasteiger partial charge >= 0.3 is 0 Å². The van der Waals surface area contributed by atoms with Crippen LogP contribution in [0.15, 0.2) is 27.6 Å². The average Bonchev–Trinajstić information content (AvgIpc) is 3.11. The van der Waals surface area contributed by atoms with E-state index in [4.69, 9.17) is 11.6 Å². The van der Waals surface area contributed by atoms with Gasteiger partial charge in [-0.15, -0.1) is 0 Å². The van der Waals surface area contributed by atoms with Crippen LogP contribution in [0.2, 0.25) is 5.02 Å². The SMILES string of the molecule is O=S(=O)(c1ccc(Cl)c(Br)c1)N1CCCC1C1CCCN1. The highest BCUT2D eigenvalue weighted by Gasteiger charge is 2.40. The summed E-state index contributed by atoms with van der Waals surface area (Å²) in [6.45, 7) is 1.59. The van der Waals surface area contributed by atoms with E-state index in [0.717, 1.165) is 32.2 Å². The third-order valence-corrected chi connectivity index (χ3v) is 7.44. The lowest BCUT2D eigenvalue weighted by Gasteiger charge is -2.28.